The Morgan fingerprint density at radius 3 is 2.22 bits per heavy atom. The molecule has 1 aromatic carbocycles. The van der Waals surface area contributed by atoms with Gasteiger partial charge in [0.1, 0.15) is 6.04 Å². The predicted molar refractivity (Wildman–Crippen MR) is 122 cm³/mol. The van der Waals surface area contributed by atoms with E-state index in [4.69, 9.17) is 0 Å². The second kappa shape index (κ2) is 10.4. The molecule has 0 aromatic heterocycles. The van der Waals surface area contributed by atoms with Crippen LogP contribution in [0.3, 0.4) is 0 Å². The van der Waals surface area contributed by atoms with Gasteiger partial charge in [-0.05, 0) is 37.2 Å². The van der Waals surface area contributed by atoms with Crippen molar-refractivity contribution in [3.63, 3.8) is 0 Å². The zero-order chi connectivity index (χ0) is 23.3. The number of allylic oxidation sites excluding steroid dienone is 2. The number of imide groups is 1. The van der Waals surface area contributed by atoms with Gasteiger partial charge in [0.05, 0.1) is 23.3 Å². The number of carbonyl (C=O) groups excluding carboxylic acids is 3. The summed E-state index contributed by atoms with van der Waals surface area (Å²) in [6.07, 6.45) is 5.55. The summed E-state index contributed by atoms with van der Waals surface area (Å²) in [6.45, 7) is 4.05. The van der Waals surface area contributed by atoms with Crippen LogP contribution in [0.4, 0.5) is 0 Å². The fourth-order valence-electron chi connectivity index (χ4n) is 4.43. The van der Waals surface area contributed by atoms with Crippen LogP contribution in [0.25, 0.3) is 0 Å². The number of nitrogens with zero attached hydrogens (tertiary/aromatic N) is 1. The quantitative estimate of drug-likeness (QED) is 0.328. The number of carbonyl (C=O) groups is 3. The Kier molecular flexibility index (Phi) is 7.87. The molecule has 3 unspecified atom stereocenters. The Bertz CT molecular complexity index is 945. The monoisotopic (exact) mass is 460 g/mol. The maximum atomic E-state index is 13.0. The minimum Gasteiger partial charge on any atom is -0.354 e. The Labute approximate surface area is 190 Å². The summed E-state index contributed by atoms with van der Waals surface area (Å²) in [4.78, 5) is 40.0. The molecule has 1 fully saturated rings. The lowest BCUT2D eigenvalue weighted by Gasteiger charge is -2.27. The van der Waals surface area contributed by atoms with Gasteiger partial charge in [0.25, 0.3) is 0 Å². The van der Waals surface area contributed by atoms with Gasteiger partial charge in [-0.2, -0.15) is 0 Å². The van der Waals surface area contributed by atoms with E-state index in [9.17, 15) is 22.8 Å². The maximum Gasteiger partial charge on any atom is 0.243 e. The van der Waals surface area contributed by atoms with Crippen LogP contribution in [0, 0.1) is 17.8 Å². The van der Waals surface area contributed by atoms with E-state index < -0.39 is 21.8 Å². The van der Waals surface area contributed by atoms with Crippen LogP contribution in [0.15, 0.2) is 42.5 Å². The van der Waals surface area contributed by atoms with E-state index in [-0.39, 0.29) is 54.0 Å². The first-order valence-electron chi connectivity index (χ1n) is 11.2. The van der Waals surface area contributed by atoms with E-state index in [1.54, 1.807) is 24.3 Å². The van der Waals surface area contributed by atoms with Gasteiger partial charge in [0, 0.05) is 6.54 Å². The summed E-state index contributed by atoms with van der Waals surface area (Å²) in [5, 5.41) is 2.76. The molecule has 0 radical (unpaired) electrons. The molecule has 1 aliphatic heterocycles. The van der Waals surface area contributed by atoms with Crippen molar-refractivity contribution in [3.8, 4) is 0 Å². The molecule has 3 rings (SSSR count). The second-order valence-electron chi connectivity index (χ2n) is 9.07. The van der Waals surface area contributed by atoms with Crippen molar-refractivity contribution in [1.82, 2.24) is 10.2 Å². The third-order valence-corrected chi connectivity index (χ3v) is 7.70. The molecule has 1 heterocycles. The Hall–Kier alpha value is -2.48. The number of sulfone groups is 1. The van der Waals surface area contributed by atoms with Gasteiger partial charge in [-0.15, -0.1) is 0 Å². The summed E-state index contributed by atoms with van der Waals surface area (Å²) in [6, 6.07) is 8.11. The van der Waals surface area contributed by atoms with Crippen LogP contribution < -0.4 is 5.32 Å². The highest BCUT2D eigenvalue weighted by molar-refractivity contribution is 7.90. The summed E-state index contributed by atoms with van der Waals surface area (Å²) in [7, 11) is -3.30. The summed E-state index contributed by atoms with van der Waals surface area (Å²) in [5.74, 6) is -1.66. The number of benzene rings is 1. The van der Waals surface area contributed by atoms with Crippen molar-refractivity contribution in [1.29, 1.82) is 0 Å². The van der Waals surface area contributed by atoms with Crippen molar-refractivity contribution >= 4 is 27.6 Å². The van der Waals surface area contributed by atoms with E-state index in [1.165, 1.54) is 4.90 Å². The first kappa shape index (κ1) is 24.2. The van der Waals surface area contributed by atoms with Gasteiger partial charge in [-0.1, -0.05) is 56.3 Å². The lowest BCUT2D eigenvalue weighted by molar-refractivity contribution is -0.148. The number of hydrogen-bond donors (Lipinski definition) is 1. The Morgan fingerprint density at radius 1 is 1.06 bits per heavy atom. The third-order valence-electron chi connectivity index (χ3n) is 6.01. The lowest BCUT2D eigenvalue weighted by Crippen LogP contribution is -2.50. The van der Waals surface area contributed by atoms with E-state index in [0.717, 1.165) is 5.56 Å². The molecule has 3 atom stereocenters. The van der Waals surface area contributed by atoms with Crippen LogP contribution in [-0.4, -0.2) is 49.4 Å². The molecule has 0 spiro atoms. The molecule has 3 amide bonds. The normalized spacial score (nSPS) is 21.7. The first-order valence-corrected chi connectivity index (χ1v) is 13.1. The fourth-order valence-corrected chi connectivity index (χ4v) is 5.86. The van der Waals surface area contributed by atoms with Crippen molar-refractivity contribution in [2.45, 2.75) is 51.3 Å². The van der Waals surface area contributed by atoms with Crippen molar-refractivity contribution < 1.29 is 22.8 Å². The first-order chi connectivity index (χ1) is 15.2. The van der Waals surface area contributed by atoms with Crippen molar-refractivity contribution in [2.75, 3.05) is 12.3 Å². The average Bonchev–Trinajstić information content (AvgIpc) is 3.00. The van der Waals surface area contributed by atoms with Gasteiger partial charge in [0.2, 0.25) is 17.7 Å². The zero-order valence-electron chi connectivity index (χ0n) is 18.7. The summed E-state index contributed by atoms with van der Waals surface area (Å²) >= 11 is 0. The topological polar surface area (TPSA) is 101 Å². The largest absolute Gasteiger partial charge is 0.354 e. The molecule has 8 heteroatoms. The zero-order valence-corrected chi connectivity index (χ0v) is 19.5. The van der Waals surface area contributed by atoms with E-state index in [2.05, 4.69) is 5.32 Å². The minimum atomic E-state index is -3.30. The van der Waals surface area contributed by atoms with E-state index >= 15 is 0 Å². The molecule has 0 bridgehead atoms. The highest BCUT2D eigenvalue weighted by Crippen LogP contribution is 2.37. The number of likely N-dealkylation sites (tertiary alicyclic amines) is 1. The van der Waals surface area contributed by atoms with Crippen LogP contribution in [-0.2, 0) is 30.0 Å². The fraction of sp³-hybridized carbons (Fsp3) is 0.542. The molecule has 32 heavy (non-hydrogen) atoms. The molecular weight excluding hydrogens is 428 g/mol. The molecule has 7 nitrogen and oxygen atoms in total. The second-order valence-corrected chi connectivity index (χ2v) is 11.3. The minimum absolute atomic E-state index is 0.0364. The van der Waals surface area contributed by atoms with Gasteiger partial charge < -0.3 is 5.32 Å². The molecule has 174 valence electrons. The van der Waals surface area contributed by atoms with Gasteiger partial charge in [-0.3, -0.25) is 19.3 Å². The summed E-state index contributed by atoms with van der Waals surface area (Å²) < 4.78 is 24.7. The van der Waals surface area contributed by atoms with Crippen molar-refractivity contribution in [3.05, 3.63) is 48.0 Å². The molecule has 1 aromatic rings. The molecule has 2 aliphatic rings. The number of hydrogen-bond acceptors (Lipinski definition) is 5. The lowest BCUT2D eigenvalue weighted by atomic mass is 9.85. The molecule has 0 saturated carbocycles. The number of fused-ring (bicyclic) bond motifs is 1. The van der Waals surface area contributed by atoms with Crippen LogP contribution in [0.1, 0.15) is 45.1 Å². The van der Waals surface area contributed by atoms with Crippen LogP contribution in [0.5, 0.6) is 0 Å². The predicted octanol–water partition coefficient (Wildman–Crippen LogP) is 2.47. The van der Waals surface area contributed by atoms with Crippen LogP contribution in [0.2, 0.25) is 0 Å². The molecule has 1 N–H and O–H groups in total. The maximum absolute atomic E-state index is 13.0. The molecule has 1 saturated heterocycles. The number of rotatable bonds is 10. The summed E-state index contributed by atoms with van der Waals surface area (Å²) in [5.41, 5.74) is 0.732. The highest BCUT2D eigenvalue weighted by atomic mass is 32.2. The SMILES string of the molecule is CC(C)CC(C(=O)NCCCS(=O)(=O)Cc1ccccc1)N1C(=O)C2CC=CCC2C1=O. The standard InChI is InChI=1S/C24H32N2O5S/c1-17(2)15-21(26-23(28)19-11-6-7-12-20(19)24(26)29)22(27)25-13-8-14-32(30,31)16-18-9-4-3-5-10-18/h3-7,9-10,17,19-21H,8,11-16H2,1-2H3,(H,25,27). The van der Waals surface area contributed by atoms with Gasteiger partial charge >= 0.3 is 0 Å². The smallest absolute Gasteiger partial charge is 0.243 e. The Balaban J connectivity index is 1.57. The van der Waals surface area contributed by atoms with E-state index in [0.29, 0.717) is 19.3 Å². The Morgan fingerprint density at radius 2 is 1.66 bits per heavy atom. The number of nitrogens with one attached hydrogen (secondary N) is 1. The average molecular weight is 461 g/mol. The van der Waals surface area contributed by atoms with E-state index in [1.807, 2.05) is 32.1 Å². The molecular formula is C24H32N2O5S. The molecule has 1 aliphatic carbocycles. The van der Waals surface area contributed by atoms with Crippen molar-refractivity contribution in [2.24, 2.45) is 17.8 Å². The number of amides is 3. The van der Waals surface area contributed by atoms with Crippen LogP contribution >= 0.6 is 0 Å². The van der Waals surface area contributed by atoms with Gasteiger partial charge in [0.15, 0.2) is 9.84 Å². The van der Waals surface area contributed by atoms with Gasteiger partial charge in [-0.25, -0.2) is 8.42 Å². The highest BCUT2D eigenvalue weighted by Gasteiger charge is 2.51. The third kappa shape index (κ3) is 5.85.